The van der Waals surface area contributed by atoms with Crippen molar-refractivity contribution in [3.05, 3.63) is 0 Å². The monoisotopic (exact) mass is 227 g/mol. The van der Waals surface area contributed by atoms with Gasteiger partial charge in [-0.25, -0.2) is 0 Å². The van der Waals surface area contributed by atoms with Crippen molar-refractivity contribution in [2.45, 2.75) is 59.1 Å². The Kier molecular flexibility index (Phi) is 5.26. The maximum Gasteiger partial charge on any atom is 0.320 e. The predicted octanol–water partition coefficient (Wildman–Crippen LogP) is 2.35. The molecule has 1 saturated carbocycles. The third kappa shape index (κ3) is 4.97. The van der Waals surface area contributed by atoms with Crippen LogP contribution in [0.25, 0.3) is 0 Å². The summed E-state index contributed by atoms with van der Waals surface area (Å²) in [7, 11) is 0. The molecule has 2 atom stereocenters. The van der Waals surface area contributed by atoms with Crippen LogP contribution in [0, 0.1) is 11.8 Å². The highest BCUT2D eigenvalue weighted by Crippen LogP contribution is 2.30. The molecular weight excluding hydrogens is 202 g/mol. The van der Waals surface area contributed by atoms with Gasteiger partial charge in [0, 0.05) is 6.04 Å². The zero-order valence-corrected chi connectivity index (χ0v) is 11.0. The Balaban J connectivity index is 2.27. The van der Waals surface area contributed by atoms with Crippen molar-refractivity contribution in [2.24, 2.45) is 11.8 Å². The second-order valence-electron chi connectivity index (χ2n) is 5.56. The normalized spacial score (nSPS) is 30.4. The van der Waals surface area contributed by atoms with Gasteiger partial charge in [-0.2, -0.15) is 0 Å². The zero-order valence-electron chi connectivity index (χ0n) is 11.0. The Hall–Kier alpha value is -0.570. The number of hydrogen-bond donors (Lipinski definition) is 1. The van der Waals surface area contributed by atoms with E-state index >= 15 is 0 Å². The maximum atomic E-state index is 11.5. The van der Waals surface area contributed by atoms with Gasteiger partial charge in [0.25, 0.3) is 0 Å². The summed E-state index contributed by atoms with van der Waals surface area (Å²) in [6.07, 6.45) is 3.45. The summed E-state index contributed by atoms with van der Waals surface area (Å²) >= 11 is 0. The molecule has 1 aliphatic carbocycles. The van der Waals surface area contributed by atoms with E-state index in [9.17, 15) is 4.79 Å². The number of nitrogens with one attached hydrogen (secondary N) is 1. The van der Waals surface area contributed by atoms with Gasteiger partial charge in [0.05, 0.1) is 6.54 Å². The van der Waals surface area contributed by atoms with Gasteiger partial charge >= 0.3 is 5.97 Å². The van der Waals surface area contributed by atoms with Crippen LogP contribution in [0.5, 0.6) is 0 Å². The van der Waals surface area contributed by atoms with Crippen LogP contribution >= 0.6 is 0 Å². The zero-order chi connectivity index (χ0) is 12.1. The van der Waals surface area contributed by atoms with Crippen molar-refractivity contribution in [3.8, 4) is 0 Å². The molecule has 1 aliphatic rings. The standard InChI is InChI=1S/C13H25NO2/c1-9(2)14-8-13(15)16-12-6-10(3)5-11(4)7-12/h9-12,14H,5-8H2,1-4H3. The van der Waals surface area contributed by atoms with E-state index in [0.29, 0.717) is 24.4 Å². The Morgan fingerprint density at radius 2 is 1.81 bits per heavy atom. The first-order valence-corrected chi connectivity index (χ1v) is 6.40. The molecule has 94 valence electrons. The van der Waals surface area contributed by atoms with Gasteiger partial charge in [-0.05, 0) is 31.1 Å². The fraction of sp³-hybridized carbons (Fsp3) is 0.923. The third-order valence-electron chi connectivity index (χ3n) is 3.09. The van der Waals surface area contributed by atoms with E-state index in [1.807, 2.05) is 13.8 Å². The summed E-state index contributed by atoms with van der Waals surface area (Å²) in [5.41, 5.74) is 0. The molecule has 0 amide bonds. The molecule has 1 N–H and O–H groups in total. The lowest BCUT2D eigenvalue weighted by molar-refractivity contribution is -0.151. The summed E-state index contributed by atoms with van der Waals surface area (Å²) in [5.74, 6) is 1.25. The number of esters is 1. The molecule has 0 heterocycles. The molecule has 0 radical (unpaired) electrons. The highest BCUT2D eigenvalue weighted by molar-refractivity contribution is 5.71. The van der Waals surface area contributed by atoms with Crippen molar-refractivity contribution in [1.29, 1.82) is 0 Å². The molecule has 16 heavy (non-hydrogen) atoms. The van der Waals surface area contributed by atoms with Gasteiger partial charge in [-0.1, -0.05) is 27.7 Å². The molecule has 0 bridgehead atoms. The molecule has 0 aromatic carbocycles. The number of rotatable bonds is 4. The van der Waals surface area contributed by atoms with Crippen LogP contribution in [-0.2, 0) is 9.53 Å². The summed E-state index contributed by atoms with van der Waals surface area (Å²) in [6, 6.07) is 0.330. The van der Waals surface area contributed by atoms with E-state index in [2.05, 4.69) is 19.2 Å². The highest BCUT2D eigenvalue weighted by Gasteiger charge is 2.26. The Bertz CT molecular complexity index is 218. The second-order valence-corrected chi connectivity index (χ2v) is 5.56. The van der Waals surface area contributed by atoms with Gasteiger partial charge in [0.2, 0.25) is 0 Å². The van der Waals surface area contributed by atoms with Crippen LogP contribution in [-0.4, -0.2) is 24.7 Å². The first-order valence-electron chi connectivity index (χ1n) is 6.40. The van der Waals surface area contributed by atoms with Gasteiger partial charge in [0.15, 0.2) is 0 Å². The molecule has 0 aromatic heterocycles. The Morgan fingerprint density at radius 1 is 1.25 bits per heavy atom. The summed E-state index contributed by atoms with van der Waals surface area (Å²) < 4.78 is 5.48. The number of hydrogen-bond acceptors (Lipinski definition) is 3. The van der Waals surface area contributed by atoms with Crippen molar-refractivity contribution in [3.63, 3.8) is 0 Å². The minimum atomic E-state index is -0.111. The highest BCUT2D eigenvalue weighted by atomic mass is 16.5. The molecule has 0 aromatic rings. The first kappa shape index (κ1) is 13.5. The van der Waals surface area contributed by atoms with Crippen molar-refractivity contribution in [2.75, 3.05) is 6.54 Å². The van der Waals surface area contributed by atoms with Crippen molar-refractivity contribution >= 4 is 5.97 Å². The van der Waals surface area contributed by atoms with Gasteiger partial charge < -0.3 is 10.1 Å². The maximum absolute atomic E-state index is 11.5. The Labute approximate surface area is 98.9 Å². The third-order valence-corrected chi connectivity index (χ3v) is 3.09. The minimum absolute atomic E-state index is 0.111. The molecule has 3 heteroatoms. The molecule has 0 aliphatic heterocycles. The predicted molar refractivity (Wildman–Crippen MR) is 65.2 cm³/mol. The summed E-state index contributed by atoms with van der Waals surface area (Å²) in [6.45, 7) is 8.86. The van der Waals surface area contributed by atoms with E-state index in [0.717, 1.165) is 12.8 Å². The lowest BCUT2D eigenvalue weighted by Gasteiger charge is -2.31. The van der Waals surface area contributed by atoms with E-state index in [1.165, 1.54) is 6.42 Å². The van der Waals surface area contributed by atoms with Crippen molar-refractivity contribution in [1.82, 2.24) is 5.32 Å². The fourth-order valence-corrected chi connectivity index (χ4v) is 2.48. The quantitative estimate of drug-likeness (QED) is 0.749. The minimum Gasteiger partial charge on any atom is -0.461 e. The van der Waals surface area contributed by atoms with E-state index in [4.69, 9.17) is 4.74 Å². The molecule has 1 rings (SSSR count). The number of carbonyl (C=O) groups is 1. The molecule has 0 saturated heterocycles. The van der Waals surface area contributed by atoms with E-state index in [1.54, 1.807) is 0 Å². The molecule has 3 nitrogen and oxygen atoms in total. The van der Waals surface area contributed by atoms with E-state index < -0.39 is 0 Å². The summed E-state index contributed by atoms with van der Waals surface area (Å²) in [5, 5.41) is 3.08. The van der Waals surface area contributed by atoms with Crippen LogP contribution in [0.4, 0.5) is 0 Å². The van der Waals surface area contributed by atoms with Crippen LogP contribution in [0.1, 0.15) is 47.0 Å². The first-order chi connectivity index (χ1) is 7.47. The Morgan fingerprint density at radius 3 is 2.31 bits per heavy atom. The number of carbonyl (C=O) groups excluding carboxylic acids is 1. The van der Waals surface area contributed by atoms with Gasteiger partial charge in [-0.3, -0.25) is 4.79 Å². The molecule has 0 spiro atoms. The van der Waals surface area contributed by atoms with Gasteiger partial charge in [-0.15, -0.1) is 0 Å². The van der Waals surface area contributed by atoms with Crippen molar-refractivity contribution < 1.29 is 9.53 Å². The smallest absolute Gasteiger partial charge is 0.320 e. The van der Waals surface area contributed by atoms with Crippen LogP contribution in [0.2, 0.25) is 0 Å². The number of ether oxygens (including phenoxy) is 1. The lowest BCUT2D eigenvalue weighted by Crippen LogP contribution is -2.34. The van der Waals surface area contributed by atoms with E-state index in [-0.39, 0.29) is 12.1 Å². The second kappa shape index (κ2) is 6.24. The SMILES string of the molecule is CC1CC(C)CC(OC(=O)CNC(C)C)C1. The largest absolute Gasteiger partial charge is 0.461 e. The van der Waals surface area contributed by atoms with Crippen LogP contribution in [0.3, 0.4) is 0 Å². The van der Waals surface area contributed by atoms with Crippen LogP contribution < -0.4 is 5.32 Å². The lowest BCUT2D eigenvalue weighted by atomic mass is 9.82. The average molecular weight is 227 g/mol. The molecule has 2 unspecified atom stereocenters. The molecule has 1 fully saturated rings. The fourth-order valence-electron chi connectivity index (χ4n) is 2.48. The average Bonchev–Trinajstić information content (AvgIpc) is 2.12. The van der Waals surface area contributed by atoms with Gasteiger partial charge in [0.1, 0.15) is 6.10 Å². The molecular formula is C13H25NO2. The topological polar surface area (TPSA) is 38.3 Å². The van der Waals surface area contributed by atoms with Crippen LogP contribution in [0.15, 0.2) is 0 Å². The summed E-state index contributed by atoms with van der Waals surface area (Å²) in [4.78, 5) is 11.5.